The number of aromatic nitrogens is 1. The molecule has 0 bridgehead atoms. The SMILES string of the molecule is Cc1nc(C(O)C2(C)CC2)sc1C. The number of rotatable bonds is 2. The molecule has 1 aliphatic rings. The third-order valence-corrected chi connectivity index (χ3v) is 4.10. The lowest BCUT2D eigenvalue weighted by Crippen LogP contribution is -2.09. The molecule has 0 amide bonds. The third-order valence-electron chi connectivity index (χ3n) is 2.98. The number of thiazole rings is 1. The van der Waals surface area contributed by atoms with E-state index in [1.807, 2.05) is 6.92 Å². The summed E-state index contributed by atoms with van der Waals surface area (Å²) >= 11 is 1.63. The molecule has 1 heterocycles. The Morgan fingerprint density at radius 1 is 1.46 bits per heavy atom. The first kappa shape index (κ1) is 9.16. The van der Waals surface area contributed by atoms with E-state index >= 15 is 0 Å². The Balaban J connectivity index is 2.25. The Morgan fingerprint density at radius 2 is 2.08 bits per heavy atom. The fourth-order valence-corrected chi connectivity index (χ4v) is 2.47. The lowest BCUT2D eigenvalue weighted by molar-refractivity contribution is 0.103. The molecule has 0 spiro atoms. The highest BCUT2D eigenvalue weighted by molar-refractivity contribution is 7.11. The van der Waals surface area contributed by atoms with Crippen molar-refractivity contribution in [2.75, 3.05) is 0 Å². The smallest absolute Gasteiger partial charge is 0.122 e. The van der Waals surface area contributed by atoms with Gasteiger partial charge in [0.25, 0.3) is 0 Å². The maximum absolute atomic E-state index is 10.0. The number of aryl methyl sites for hydroxylation is 2. The Bertz CT molecular complexity index is 308. The molecule has 3 heteroatoms. The lowest BCUT2D eigenvalue weighted by Gasteiger charge is -2.13. The van der Waals surface area contributed by atoms with Crippen molar-refractivity contribution in [3.05, 3.63) is 15.6 Å². The number of nitrogens with zero attached hydrogens (tertiary/aromatic N) is 1. The third kappa shape index (κ3) is 1.51. The van der Waals surface area contributed by atoms with Crippen LogP contribution in [-0.4, -0.2) is 10.1 Å². The largest absolute Gasteiger partial charge is 0.385 e. The van der Waals surface area contributed by atoms with Gasteiger partial charge in [0.05, 0.1) is 5.69 Å². The molecular weight excluding hydrogens is 182 g/mol. The second kappa shape index (κ2) is 2.79. The second-order valence-corrected chi connectivity index (χ2v) is 5.49. The molecule has 1 fully saturated rings. The summed E-state index contributed by atoms with van der Waals surface area (Å²) in [6, 6.07) is 0. The van der Waals surface area contributed by atoms with E-state index in [4.69, 9.17) is 0 Å². The van der Waals surface area contributed by atoms with Gasteiger partial charge in [0.2, 0.25) is 0 Å². The van der Waals surface area contributed by atoms with Crippen LogP contribution in [0.2, 0.25) is 0 Å². The maximum Gasteiger partial charge on any atom is 0.122 e. The predicted molar refractivity (Wildman–Crippen MR) is 53.9 cm³/mol. The summed E-state index contributed by atoms with van der Waals surface area (Å²) < 4.78 is 0. The molecular formula is C10H15NOS. The fourth-order valence-electron chi connectivity index (χ4n) is 1.38. The summed E-state index contributed by atoms with van der Waals surface area (Å²) in [5.41, 5.74) is 1.18. The van der Waals surface area contributed by atoms with Crippen LogP contribution in [0.15, 0.2) is 0 Å². The number of hydrogen-bond donors (Lipinski definition) is 1. The van der Waals surface area contributed by atoms with Crippen LogP contribution >= 0.6 is 11.3 Å². The highest BCUT2D eigenvalue weighted by Crippen LogP contribution is 2.54. The zero-order chi connectivity index (χ0) is 9.64. The fraction of sp³-hybridized carbons (Fsp3) is 0.700. The van der Waals surface area contributed by atoms with Crippen LogP contribution in [0, 0.1) is 19.3 Å². The van der Waals surface area contributed by atoms with Gasteiger partial charge in [0.1, 0.15) is 11.1 Å². The molecule has 0 radical (unpaired) electrons. The second-order valence-electron chi connectivity index (χ2n) is 4.25. The van der Waals surface area contributed by atoms with Gasteiger partial charge in [-0.3, -0.25) is 0 Å². The summed E-state index contributed by atoms with van der Waals surface area (Å²) in [5.74, 6) is 0. The van der Waals surface area contributed by atoms with Crippen LogP contribution in [0.25, 0.3) is 0 Å². The van der Waals surface area contributed by atoms with E-state index in [-0.39, 0.29) is 11.5 Å². The average Bonchev–Trinajstić information content (AvgIpc) is 2.74. The summed E-state index contributed by atoms with van der Waals surface area (Å²) in [5, 5.41) is 10.9. The number of hydrogen-bond acceptors (Lipinski definition) is 3. The van der Waals surface area contributed by atoms with Crippen LogP contribution in [0.3, 0.4) is 0 Å². The minimum atomic E-state index is -0.343. The molecule has 1 saturated carbocycles. The van der Waals surface area contributed by atoms with E-state index < -0.39 is 0 Å². The van der Waals surface area contributed by atoms with Crippen molar-refractivity contribution in [2.24, 2.45) is 5.41 Å². The summed E-state index contributed by atoms with van der Waals surface area (Å²) in [6.45, 7) is 6.18. The van der Waals surface area contributed by atoms with E-state index in [0.29, 0.717) is 0 Å². The minimum absolute atomic E-state index is 0.122. The van der Waals surface area contributed by atoms with Gasteiger partial charge in [-0.05, 0) is 26.7 Å². The average molecular weight is 197 g/mol. The van der Waals surface area contributed by atoms with E-state index in [2.05, 4.69) is 18.8 Å². The summed E-state index contributed by atoms with van der Waals surface area (Å²) in [4.78, 5) is 5.61. The van der Waals surface area contributed by atoms with E-state index in [0.717, 1.165) is 23.5 Å². The van der Waals surface area contributed by atoms with Crippen molar-refractivity contribution >= 4 is 11.3 Å². The van der Waals surface area contributed by atoms with Crippen molar-refractivity contribution in [2.45, 2.75) is 39.7 Å². The Labute approximate surface area is 82.6 Å². The van der Waals surface area contributed by atoms with Crippen LogP contribution in [0.1, 0.15) is 41.4 Å². The summed E-state index contributed by atoms with van der Waals surface area (Å²) in [6.07, 6.45) is 1.92. The highest BCUT2D eigenvalue weighted by Gasteiger charge is 2.46. The lowest BCUT2D eigenvalue weighted by atomic mass is 10.0. The Hall–Kier alpha value is -0.410. The standard InChI is InChI=1S/C10H15NOS/c1-6-7(2)13-9(11-6)8(12)10(3)4-5-10/h8,12H,4-5H2,1-3H3. The van der Waals surface area contributed by atoms with Gasteiger partial charge in [0, 0.05) is 10.3 Å². The van der Waals surface area contributed by atoms with Gasteiger partial charge in [0.15, 0.2) is 0 Å². The van der Waals surface area contributed by atoms with Crippen molar-refractivity contribution in [1.29, 1.82) is 0 Å². The van der Waals surface area contributed by atoms with Crippen LogP contribution < -0.4 is 0 Å². The zero-order valence-corrected chi connectivity index (χ0v) is 9.11. The van der Waals surface area contributed by atoms with Gasteiger partial charge in [-0.15, -0.1) is 11.3 Å². The van der Waals surface area contributed by atoms with Gasteiger partial charge in [-0.2, -0.15) is 0 Å². The zero-order valence-electron chi connectivity index (χ0n) is 8.29. The Kier molecular flexibility index (Phi) is 1.96. The number of aliphatic hydroxyl groups excluding tert-OH is 1. The topological polar surface area (TPSA) is 33.1 Å². The molecule has 1 aromatic heterocycles. The molecule has 13 heavy (non-hydrogen) atoms. The molecule has 0 aliphatic heterocycles. The van der Waals surface area contributed by atoms with Gasteiger partial charge < -0.3 is 5.11 Å². The van der Waals surface area contributed by atoms with Gasteiger partial charge in [-0.1, -0.05) is 6.92 Å². The quantitative estimate of drug-likeness (QED) is 0.790. The molecule has 1 aromatic rings. The molecule has 1 unspecified atom stereocenters. The van der Waals surface area contributed by atoms with Crippen molar-refractivity contribution < 1.29 is 5.11 Å². The van der Waals surface area contributed by atoms with Gasteiger partial charge >= 0.3 is 0 Å². The normalized spacial score (nSPS) is 21.5. The first-order valence-electron chi connectivity index (χ1n) is 4.65. The van der Waals surface area contributed by atoms with Crippen molar-refractivity contribution in [3.8, 4) is 0 Å². The molecule has 0 saturated heterocycles. The molecule has 1 aliphatic carbocycles. The van der Waals surface area contributed by atoms with Crippen molar-refractivity contribution in [3.63, 3.8) is 0 Å². The molecule has 1 atom stereocenters. The predicted octanol–water partition coefficient (Wildman–Crippen LogP) is 2.59. The monoisotopic (exact) mass is 197 g/mol. The molecule has 2 rings (SSSR count). The summed E-state index contributed by atoms with van der Waals surface area (Å²) in [7, 11) is 0. The molecule has 72 valence electrons. The van der Waals surface area contributed by atoms with Crippen LogP contribution in [0.4, 0.5) is 0 Å². The minimum Gasteiger partial charge on any atom is -0.385 e. The van der Waals surface area contributed by atoms with E-state index in [1.54, 1.807) is 11.3 Å². The number of aliphatic hydroxyl groups is 1. The van der Waals surface area contributed by atoms with Crippen LogP contribution in [-0.2, 0) is 0 Å². The molecule has 1 N–H and O–H groups in total. The van der Waals surface area contributed by atoms with E-state index in [1.165, 1.54) is 4.88 Å². The highest BCUT2D eigenvalue weighted by atomic mass is 32.1. The first-order chi connectivity index (χ1) is 6.03. The van der Waals surface area contributed by atoms with Gasteiger partial charge in [-0.25, -0.2) is 4.98 Å². The molecule has 0 aromatic carbocycles. The van der Waals surface area contributed by atoms with E-state index in [9.17, 15) is 5.11 Å². The molecule has 2 nitrogen and oxygen atoms in total. The maximum atomic E-state index is 10.0. The Morgan fingerprint density at radius 3 is 2.46 bits per heavy atom. The van der Waals surface area contributed by atoms with Crippen LogP contribution in [0.5, 0.6) is 0 Å². The first-order valence-corrected chi connectivity index (χ1v) is 5.46. The van der Waals surface area contributed by atoms with Crippen molar-refractivity contribution in [1.82, 2.24) is 4.98 Å².